The molecule has 3 nitrogen and oxygen atoms in total. The van der Waals surface area contributed by atoms with Gasteiger partial charge >= 0.3 is 0 Å². The van der Waals surface area contributed by atoms with Crippen LogP contribution in [-0.2, 0) is 0 Å². The first-order valence-electron chi connectivity index (χ1n) is 6.46. The molecule has 0 aliphatic heterocycles. The number of hydrogen-bond donors (Lipinski definition) is 1. The fourth-order valence-corrected chi connectivity index (χ4v) is 4.07. The van der Waals surface area contributed by atoms with Crippen molar-refractivity contribution in [1.82, 2.24) is 9.97 Å². The van der Waals surface area contributed by atoms with E-state index in [1.54, 1.807) is 35.1 Å². The Morgan fingerprint density at radius 3 is 2.62 bits per heavy atom. The molecule has 4 aromatic rings. The van der Waals surface area contributed by atoms with Crippen molar-refractivity contribution in [2.75, 3.05) is 5.73 Å². The third kappa shape index (κ3) is 2.11. The maximum atomic E-state index is 6.29. The fourth-order valence-electron chi connectivity index (χ4n) is 2.28. The first-order chi connectivity index (χ1) is 10.3. The van der Waals surface area contributed by atoms with Crippen LogP contribution in [-0.4, -0.2) is 9.97 Å². The standard InChI is InChI=1S/C16H11N3S2/c17-14-11-3-4-12(13-2-1-9-20-13)19-16(11)21-15(14)10-5-7-18-8-6-10/h1-9H,17H2. The molecule has 0 radical (unpaired) electrons. The van der Waals surface area contributed by atoms with Crippen molar-refractivity contribution in [3.63, 3.8) is 0 Å². The molecule has 102 valence electrons. The number of thiophene rings is 2. The Labute approximate surface area is 129 Å². The zero-order valence-corrected chi connectivity index (χ0v) is 12.6. The van der Waals surface area contributed by atoms with E-state index in [4.69, 9.17) is 10.7 Å². The molecular formula is C16H11N3S2. The molecule has 0 saturated heterocycles. The molecular weight excluding hydrogens is 298 g/mol. The summed E-state index contributed by atoms with van der Waals surface area (Å²) in [6, 6.07) is 12.2. The van der Waals surface area contributed by atoms with Crippen molar-refractivity contribution >= 4 is 38.6 Å². The van der Waals surface area contributed by atoms with Gasteiger partial charge in [-0.1, -0.05) is 6.07 Å². The number of anilines is 1. The molecule has 0 amide bonds. The van der Waals surface area contributed by atoms with Gasteiger partial charge in [0.2, 0.25) is 0 Å². The number of pyridine rings is 2. The summed E-state index contributed by atoms with van der Waals surface area (Å²) in [5, 5.41) is 3.08. The maximum absolute atomic E-state index is 6.29. The highest BCUT2D eigenvalue weighted by Gasteiger charge is 2.13. The summed E-state index contributed by atoms with van der Waals surface area (Å²) in [5.41, 5.74) is 9.18. The highest BCUT2D eigenvalue weighted by atomic mass is 32.1. The molecule has 0 atom stereocenters. The van der Waals surface area contributed by atoms with E-state index >= 15 is 0 Å². The molecule has 0 aromatic carbocycles. The topological polar surface area (TPSA) is 51.8 Å². The van der Waals surface area contributed by atoms with Gasteiger partial charge in [-0.25, -0.2) is 4.98 Å². The molecule has 0 fully saturated rings. The molecule has 0 bridgehead atoms. The summed E-state index contributed by atoms with van der Waals surface area (Å²) in [4.78, 5) is 12.0. The highest BCUT2D eigenvalue weighted by Crippen LogP contribution is 2.40. The summed E-state index contributed by atoms with van der Waals surface area (Å²) >= 11 is 3.32. The van der Waals surface area contributed by atoms with Crippen LogP contribution in [0, 0.1) is 0 Å². The van der Waals surface area contributed by atoms with Gasteiger partial charge in [0.05, 0.1) is 21.1 Å². The van der Waals surface area contributed by atoms with Crippen LogP contribution in [0.5, 0.6) is 0 Å². The molecule has 2 N–H and O–H groups in total. The summed E-state index contributed by atoms with van der Waals surface area (Å²) in [7, 11) is 0. The Kier molecular flexibility index (Phi) is 2.94. The Morgan fingerprint density at radius 2 is 1.86 bits per heavy atom. The van der Waals surface area contributed by atoms with E-state index in [-0.39, 0.29) is 0 Å². The van der Waals surface area contributed by atoms with Crippen molar-refractivity contribution in [3.05, 3.63) is 54.2 Å². The van der Waals surface area contributed by atoms with Gasteiger partial charge in [0.25, 0.3) is 0 Å². The molecule has 21 heavy (non-hydrogen) atoms. The predicted molar refractivity (Wildman–Crippen MR) is 90.6 cm³/mol. The van der Waals surface area contributed by atoms with Crippen molar-refractivity contribution in [2.45, 2.75) is 0 Å². The van der Waals surface area contributed by atoms with Crippen LogP contribution in [0.1, 0.15) is 0 Å². The lowest BCUT2D eigenvalue weighted by molar-refractivity contribution is 1.33. The predicted octanol–water partition coefficient (Wildman–Crippen LogP) is 4.67. The highest BCUT2D eigenvalue weighted by molar-refractivity contribution is 7.22. The van der Waals surface area contributed by atoms with Gasteiger partial charge in [-0.3, -0.25) is 4.98 Å². The summed E-state index contributed by atoms with van der Waals surface area (Å²) in [5.74, 6) is 0. The van der Waals surface area contributed by atoms with Crippen molar-refractivity contribution < 1.29 is 0 Å². The Bertz CT molecular complexity index is 896. The molecule has 4 rings (SSSR count). The van der Waals surface area contributed by atoms with E-state index in [1.807, 2.05) is 24.3 Å². The zero-order chi connectivity index (χ0) is 14.2. The SMILES string of the molecule is Nc1c(-c2ccncc2)sc2nc(-c3cccs3)ccc12. The monoisotopic (exact) mass is 309 g/mol. The summed E-state index contributed by atoms with van der Waals surface area (Å²) < 4.78 is 0. The third-order valence-corrected chi connectivity index (χ3v) is 5.37. The second kappa shape index (κ2) is 4.95. The number of fused-ring (bicyclic) bond motifs is 1. The van der Waals surface area contributed by atoms with Crippen LogP contribution >= 0.6 is 22.7 Å². The average Bonchev–Trinajstić information content (AvgIpc) is 3.16. The van der Waals surface area contributed by atoms with Crippen LogP contribution in [0.2, 0.25) is 0 Å². The lowest BCUT2D eigenvalue weighted by Gasteiger charge is -1.98. The first kappa shape index (κ1) is 12.5. The molecule has 0 spiro atoms. The van der Waals surface area contributed by atoms with E-state index in [9.17, 15) is 0 Å². The van der Waals surface area contributed by atoms with Crippen molar-refractivity contribution in [2.24, 2.45) is 0 Å². The molecule has 0 aliphatic carbocycles. The fraction of sp³-hybridized carbons (Fsp3) is 0. The summed E-state index contributed by atoms with van der Waals surface area (Å²) in [6.07, 6.45) is 3.56. The molecule has 5 heteroatoms. The zero-order valence-electron chi connectivity index (χ0n) is 11.0. The van der Waals surface area contributed by atoms with Gasteiger partial charge in [-0.15, -0.1) is 22.7 Å². The van der Waals surface area contributed by atoms with Crippen LogP contribution in [0.3, 0.4) is 0 Å². The Balaban J connectivity index is 1.90. The van der Waals surface area contributed by atoms with Gasteiger partial charge in [-0.2, -0.15) is 0 Å². The largest absolute Gasteiger partial charge is 0.397 e. The lowest BCUT2D eigenvalue weighted by Crippen LogP contribution is -1.86. The van der Waals surface area contributed by atoms with Gasteiger partial charge in [0.1, 0.15) is 4.83 Å². The second-order valence-corrected chi connectivity index (χ2v) is 6.55. The number of aromatic nitrogens is 2. The second-order valence-electron chi connectivity index (χ2n) is 4.61. The number of rotatable bonds is 2. The van der Waals surface area contributed by atoms with Gasteiger partial charge in [0, 0.05) is 17.8 Å². The smallest absolute Gasteiger partial charge is 0.126 e. The number of hydrogen-bond acceptors (Lipinski definition) is 5. The van der Waals surface area contributed by atoms with Gasteiger partial charge in [-0.05, 0) is 41.3 Å². The number of nitrogen functional groups attached to an aromatic ring is 1. The minimum atomic E-state index is 0.798. The number of nitrogens with two attached hydrogens (primary N) is 1. The Hall–Kier alpha value is -2.24. The normalized spacial score (nSPS) is 11.0. The number of nitrogens with zero attached hydrogens (tertiary/aromatic N) is 2. The maximum Gasteiger partial charge on any atom is 0.126 e. The van der Waals surface area contributed by atoms with Crippen molar-refractivity contribution in [3.8, 4) is 21.0 Å². The van der Waals surface area contributed by atoms with Gasteiger partial charge in [0.15, 0.2) is 0 Å². The first-order valence-corrected chi connectivity index (χ1v) is 8.16. The van der Waals surface area contributed by atoms with E-state index < -0.39 is 0 Å². The molecule has 0 aliphatic rings. The molecule has 0 unspecified atom stereocenters. The summed E-state index contributed by atoms with van der Waals surface area (Å²) in [6.45, 7) is 0. The van der Waals surface area contributed by atoms with Gasteiger partial charge < -0.3 is 5.73 Å². The quantitative estimate of drug-likeness (QED) is 0.585. The van der Waals surface area contributed by atoms with Crippen LogP contribution < -0.4 is 5.73 Å². The lowest BCUT2D eigenvalue weighted by atomic mass is 10.1. The van der Waals surface area contributed by atoms with E-state index in [2.05, 4.69) is 22.5 Å². The minimum Gasteiger partial charge on any atom is -0.397 e. The minimum absolute atomic E-state index is 0.798. The molecule has 4 aromatic heterocycles. The van der Waals surface area contributed by atoms with E-state index in [1.165, 1.54) is 4.88 Å². The van der Waals surface area contributed by atoms with Crippen molar-refractivity contribution in [1.29, 1.82) is 0 Å². The van der Waals surface area contributed by atoms with E-state index in [0.717, 1.165) is 32.0 Å². The van der Waals surface area contributed by atoms with Crippen LogP contribution in [0.15, 0.2) is 54.2 Å². The van der Waals surface area contributed by atoms with E-state index in [0.29, 0.717) is 0 Å². The Morgan fingerprint density at radius 1 is 1.00 bits per heavy atom. The molecule has 4 heterocycles. The van der Waals surface area contributed by atoms with Crippen LogP contribution in [0.4, 0.5) is 5.69 Å². The van der Waals surface area contributed by atoms with Crippen LogP contribution in [0.25, 0.3) is 31.2 Å². The molecule has 0 saturated carbocycles. The third-order valence-electron chi connectivity index (χ3n) is 3.31. The average molecular weight is 309 g/mol.